The van der Waals surface area contributed by atoms with Crippen LogP contribution in [0.4, 0.5) is 5.69 Å². The first kappa shape index (κ1) is 19.4. The van der Waals surface area contributed by atoms with E-state index in [1.165, 1.54) is 0 Å². The smallest absolute Gasteiger partial charge is 0.242 e. The number of carbonyl (C=O) groups is 1. The molecular weight excluding hydrogens is 318 g/mol. The normalized spacial score (nSPS) is 19.9. The number of benzene rings is 1. The van der Waals surface area contributed by atoms with E-state index in [2.05, 4.69) is 12.2 Å². The van der Waals surface area contributed by atoms with E-state index in [9.17, 15) is 4.79 Å². The Morgan fingerprint density at radius 3 is 2.52 bits per heavy atom. The van der Waals surface area contributed by atoms with E-state index in [-0.39, 0.29) is 11.9 Å². The highest BCUT2D eigenvalue weighted by Gasteiger charge is 2.34. The van der Waals surface area contributed by atoms with Crippen LogP contribution in [0.5, 0.6) is 11.5 Å². The third-order valence-electron chi connectivity index (χ3n) is 4.69. The molecule has 3 N–H and O–H groups in total. The molecule has 2 unspecified atom stereocenters. The third-order valence-corrected chi connectivity index (χ3v) is 4.69. The van der Waals surface area contributed by atoms with Crippen LogP contribution in [-0.2, 0) is 4.79 Å². The zero-order chi connectivity index (χ0) is 18.4. The predicted octanol–water partition coefficient (Wildman–Crippen LogP) is 2.62. The van der Waals surface area contributed by atoms with Crippen molar-refractivity contribution in [3.05, 3.63) is 18.2 Å². The summed E-state index contributed by atoms with van der Waals surface area (Å²) >= 11 is 0. The number of ether oxygens (including phenoxy) is 2. The number of nitrogens with two attached hydrogens (primary N) is 1. The van der Waals surface area contributed by atoms with Gasteiger partial charge in [-0.2, -0.15) is 0 Å². The Morgan fingerprint density at radius 2 is 1.96 bits per heavy atom. The van der Waals surface area contributed by atoms with E-state index >= 15 is 0 Å². The summed E-state index contributed by atoms with van der Waals surface area (Å²) in [7, 11) is 3.27. The molecule has 1 saturated heterocycles. The number of methoxy groups -OCH3 is 2. The molecule has 2 atom stereocenters. The van der Waals surface area contributed by atoms with Gasteiger partial charge < -0.3 is 25.4 Å². The first-order valence-corrected chi connectivity index (χ1v) is 8.97. The summed E-state index contributed by atoms with van der Waals surface area (Å²) in [5, 5.41) is 3.50. The van der Waals surface area contributed by atoms with Crippen LogP contribution < -0.4 is 20.5 Å². The largest absolute Gasteiger partial charge is 0.497 e. The van der Waals surface area contributed by atoms with Crippen LogP contribution in [0.3, 0.4) is 0 Å². The molecule has 0 spiro atoms. The van der Waals surface area contributed by atoms with Crippen molar-refractivity contribution in [2.45, 2.75) is 51.1 Å². The Kier molecular flexibility index (Phi) is 6.53. The monoisotopic (exact) mass is 349 g/mol. The quantitative estimate of drug-likeness (QED) is 0.791. The molecule has 0 aliphatic carbocycles. The van der Waals surface area contributed by atoms with Crippen molar-refractivity contribution in [3.63, 3.8) is 0 Å². The van der Waals surface area contributed by atoms with Gasteiger partial charge in [0.2, 0.25) is 5.91 Å². The number of nitrogens with zero attached hydrogens (tertiary/aromatic N) is 1. The molecule has 6 nitrogen and oxygen atoms in total. The first-order valence-electron chi connectivity index (χ1n) is 8.97. The lowest BCUT2D eigenvalue weighted by Gasteiger charge is -2.38. The minimum absolute atomic E-state index is 0.0454. The van der Waals surface area contributed by atoms with Crippen molar-refractivity contribution in [2.75, 3.05) is 32.6 Å². The molecule has 2 rings (SSSR count). The number of nitrogens with one attached hydrogen (secondary N) is 1. The standard InChI is InChI=1S/C19H31N3O3/c1-5-8-19(2,20)18(23)22-9-6-7-14(13-22)21-15-10-16(24-3)12-17(11-15)25-4/h10-12,14,21H,5-9,13,20H2,1-4H3. The van der Waals surface area contributed by atoms with Gasteiger partial charge in [-0.25, -0.2) is 0 Å². The maximum absolute atomic E-state index is 12.7. The van der Waals surface area contributed by atoms with Crippen LogP contribution in [-0.4, -0.2) is 49.7 Å². The van der Waals surface area contributed by atoms with Gasteiger partial charge in [0.15, 0.2) is 0 Å². The second kappa shape index (κ2) is 8.43. The number of piperidine rings is 1. The van der Waals surface area contributed by atoms with E-state index in [0.717, 1.165) is 43.0 Å². The van der Waals surface area contributed by atoms with E-state index in [1.54, 1.807) is 14.2 Å². The predicted molar refractivity (Wildman–Crippen MR) is 100 cm³/mol. The van der Waals surface area contributed by atoms with E-state index in [1.807, 2.05) is 30.0 Å². The van der Waals surface area contributed by atoms with Crippen LogP contribution in [0.2, 0.25) is 0 Å². The second-order valence-corrected chi connectivity index (χ2v) is 7.00. The molecule has 1 aliphatic heterocycles. The molecule has 1 aromatic carbocycles. The molecule has 1 aliphatic rings. The Balaban J connectivity index is 2.05. The van der Waals surface area contributed by atoms with Crippen molar-refractivity contribution in [2.24, 2.45) is 5.73 Å². The van der Waals surface area contributed by atoms with Crippen molar-refractivity contribution in [1.29, 1.82) is 0 Å². The molecule has 1 heterocycles. The van der Waals surface area contributed by atoms with Crippen LogP contribution in [0.15, 0.2) is 18.2 Å². The maximum Gasteiger partial charge on any atom is 0.242 e. The Bertz CT molecular complexity index is 567. The molecule has 25 heavy (non-hydrogen) atoms. The molecule has 0 radical (unpaired) electrons. The molecule has 0 aromatic heterocycles. The molecule has 6 heteroatoms. The molecule has 1 amide bonds. The average molecular weight is 349 g/mol. The van der Waals surface area contributed by atoms with Gasteiger partial charge in [-0.05, 0) is 26.2 Å². The highest BCUT2D eigenvalue weighted by atomic mass is 16.5. The highest BCUT2D eigenvalue weighted by molar-refractivity contribution is 5.85. The summed E-state index contributed by atoms with van der Waals surface area (Å²) in [6.07, 6.45) is 3.58. The van der Waals surface area contributed by atoms with E-state index in [4.69, 9.17) is 15.2 Å². The van der Waals surface area contributed by atoms with E-state index in [0.29, 0.717) is 13.0 Å². The zero-order valence-electron chi connectivity index (χ0n) is 15.8. The minimum atomic E-state index is -0.782. The summed E-state index contributed by atoms with van der Waals surface area (Å²) in [4.78, 5) is 14.6. The van der Waals surface area contributed by atoms with Crippen LogP contribution >= 0.6 is 0 Å². The highest BCUT2D eigenvalue weighted by Crippen LogP contribution is 2.27. The number of rotatable bonds is 7. The Labute approximate surface area is 150 Å². The fourth-order valence-corrected chi connectivity index (χ4v) is 3.39. The lowest BCUT2D eigenvalue weighted by Crippen LogP contribution is -2.56. The third kappa shape index (κ3) is 5.01. The van der Waals surface area contributed by atoms with Gasteiger partial charge in [0.25, 0.3) is 0 Å². The average Bonchev–Trinajstić information content (AvgIpc) is 2.60. The van der Waals surface area contributed by atoms with Crippen LogP contribution in [0.1, 0.15) is 39.5 Å². The molecule has 0 bridgehead atoms. The topological polar surface area (TPSA) is 76.8 Å². The number of anilines is 1. The SMILES string of the molecule is CCCC(C)(N)C(=O)N1CCCC(Nc2cc(OC)cc(OC)c2)C1. The van der Waals surface area contributed by atoms with Gasteiger partial charge in [0.05, 0.1) is 19.8 Å². The summed E-state index contributed by atoms with van der Waals surface area (Å²) in [6, 6.07) is 5.90. The number of carbonyl (C=O) groups excluding carboxylic acids is 1. The maximum atomic E-state index is 12.7. The summed E-state index contributed by atoms with van der Waals surface area (Å²) < 4.78 is 10.6. The molecule has 1 aromatic rings. The van der Waals surface area contributed by atoms with Crippen LogP contribution in [0, 0.1) is 0 Å². The molecular formula is C19H31N3O3. The number of amides is 1. The zero-order valence-corrected chi connectivity index (χ0v) is 15.8. The number of hydrogen-bond donors (Lipinski definition) is 2. The van der Waals surface area contributed by atoms with Gasteiger partial charge in [-0.15, -0.1) is 0 Å². The van der Waals surface area contributed by atoms with Gasteiger partial charge in [-0.1, -0.05) is 13.3 Å². The lowest BCUT2D eigenvalue weighted by molar-refractivity contribution is -0.137. The van der Waals surface area contributed by atoms with Gasteiger partial charge in [-0.3, -0.25) is 4.79 Å². The van der Waals surface area contributed by atoms with Crippen LogP contribution in [0.25, 0.3) is 0 Å². The van der Waals surface area contributed by atoms with Gasteiger partial charge >= 0.3 is 0 Å². The van der Waals surface area contributed by atoms with Crippen molar-refractivity contribution < 1.29 is 14.3 Å². The fourth-order valence-electron chi connectivity index (χ4n) is 3.39. The molecule has 1 fully saturated rings. The van der Waals surface area contributed by atoms with Crippen molar-refractivity contribution in [3.8, 4) is 11.5 Å². The summed E-state index contributed by atoms with van der Waals surface area (Å²) in [6.45, 7) is 5.32. The number of hydrogen-bond acceptors (Lipinski definition) is 5. The van der Waals surface area contributed by atoms with E-state index < -0.39 is 5.54 Å². The molecule has 0 saturated carbocycles. The fraction of sp³-hybridized carbons (Fsp3) is 0.632. The summed E-state index contributed by atoms with van der Waals surface area (Å²) in [5.41, 5.74) is 6.38. The van der Waals surface area contributed by atoms with Crippen molar-refractivity contribution in [1.82, 2.24) is 4.90 Å². The minimum Gasteiger partial charge on any atom is -0.497 e. The Morgan fingerprint density at radius 1 is 1.32 bits per heavy atom. The lowest BCUT2D eigenvalue weighted by atomic mass is 9.94. The Hall–Kier alpha value is -1.95. The van der Waals surface area contributed by atoms with Crippen molar-refractivity contribution >= 4 is 11.6 Å². The van der Waals surface area contributed by atoms with Gasteiger partial charge in [0.1, 0.15) is 11.5 Å². The second-order valence-electron chi connectivity index (χ2n) is 7.00. The molecule has 140 valence electrons. The first-order chi connectivity index (χ1) is 11.9. The number of likely N-dealkylation sites (tertiary alicyclic amines) is 1. The summed E-state index contributed by atoms with van der Waals surface area (Å²) in [5.74, 6) is 1.52. The van der Waals surface area contributed by atoms with Gasteiger partial charge in [0, 0.05) is 43.0 Å².